The number of amides is 1. The van der Waals surface area contributed by atoms with Crippen LogP contribution in [-0.2, 0) is 9.53 Å². The summed E-state index contributed by atoms with van der Waals surface area (Å²) in [6.45, 7) is 4.56. The van der Waals surface area contributed by atoms with E-state index in [0.29, 0.717) is 13.0 Å². The monoisotopic (exact) mass is 238 g/mol. The summed E-state index contributed by atoms with van der Waals surface area (Å²) >= 11 is 0. The number of hydrogen-bond acceptors (Lipinski definition) is 4. The van der Waals surface area contributed by atoms with Crippen molar-refractivity contribution in [2.24, 2.45) is 5.73 Å². The van der Waals surface area contributed by atoms with Gasteiger partial charge in [-0.1, -0.05) is 0 Å². The number of furan rings is 1. The largest absolute Gasteiger partial charge is 0.464 e. The van der Waals surface area contributed by atoms with Crippen molar-refractivity contribution in [3.63, 3.8) is 0 Å². The van der Waals surface area contributed by atoms with Crippen molar-refractivity contribution >= 4 is 5.91 Å². The van der Waals surface area contributed by atoms with Crippen LogP contribution in [0.5, 0.6) is 0 Å². The molecule has 1 fully saturated rings. The summed E-state index contributed by atoms with van der Waals surface area (Å²) in [6, 6.07) is 3.54. The van der Waals surface area contributed by atoms with Crippen molar-refractivity contribution in [1.29, 1.82) is 0 Å². The van der Waals surface area contributed by atoms with E-state index in [9.17, 15) is 4.79 Å². The minimum Gasteiger partial charge on any atom is -0.464 e. The molecule has 0 spiro atoms. The summed E-state index contributed by atoms with van der Waals surface area (Å²) in [5.41, 5.74) is 5.07. The SMILES string of the molecule is Cc1ccc(C(C)NC(=O)C2(N)CCOC2)o1. The smallest absolute Gasteiger partial charge is 0.243 e. The van der Waals surface area contributed by atoms with Crippen LogP contribution in [0.15, 0.2) is 16.5 Å². The second-order valence-electron chi connectivity index (χ2n) is 4.60. The van der Waals surface area contributed by atoms with Crippen molar-refractivity contribution < 1.29 is 13.9 Å². The van der Waals surface area contributed by atoms with Gasteiger partial charge in [0.15, 0.2) is 0 Å². The number of carbonyl (C=O) groups is 1. The number of rotatable bonds is 3. The van der Waals surface area contributed by atoms with Crippen LogP contribution in [0.25, 0.3) is 0 Å². The minimum atomic E-state index is -0.893. The second-order valence-corrected chi connectivity index (χ2v) is 4.60. The maximum Gasteiger partial charge on any atom is 0.243 e. The van der Waals surface area contributed by atoms with Gasteiger partial charge < -0.3 is 20.2 Å². The number of aryl methyl sites for hydroxylation is 1. The molecule has 1 amide bonds. The molecule has 17 heavy (non-hydrogen) atoms. The van der Waals surface area contributed by atoms with Gasteiger partial charge >= 0.3 is 0 Å². The first kappa shape index (κ1) is 12.1. The van der Waals surface area contributed by atoms with E-state index in [0.717, 1.165) is 11.5 Å². The van der Waals surface area contributed by atoms with Crippen molar-refractivity contribution in [2.45, 2.75) is 31.8 Å². The van der Waals surface area contributed by atoms with Crippen molar-refractivity contribution in [1.82, 2.24) is 5.32 Å². The molecule has 2 atom stereocenters. The summed E-state index contributed by atoms with van der Waals surface area (Å²) in [6.07, 6.45) is 0.558. The highest BCUT2D eigenvalue weighted by atomic mass is 16.5. The molecule has 1 aromatic heterocycles. The highest BCUT2D eigenvalue weighted by molar-refractivity contribution is 5.86. The Morgan fingerprint density at radius 2 is 2.35 bits per heavy atom. The van der Waals surface area contributed by atoms with Gasteiger partial charge in [0.05, 0.1) is 12.6 Å². The summed E-state index contributed by atoms with van der Waals surface area (Å²) in [4.78, 5) is 12.0. The van der Waals surface area contributed by atoms with Crippen LogP contribution in [0, 0.1) is 6.92 Å². The molecule has 1 aromatic rings. The minimum absolute atomic E-state index is 0.183. The molecule has 1 saturated heterocycles. The number of nitrogens with one attached hydrogen (secondary N) is 1. The molecule has 0 aromatic carbocycles. The van der Waals surface area contributed by atoms with Crippen molar-refractivity contribution in [3.8, 4) is 0 Å². The number of carbonyl (C=O) groups excluding carboxylic acids is 1. The first-order valence-corrected chi connectivity index (χ1v) is 5.75. The van der Waals surface area contributed by atoms with Crippen LogP contribution < -0.4 is 11.1 Å². The van der Waals surface area contributed by atoms with Crippen molar-refractivity contribution in [2.75, 3.05) is 13.2 Å². The van der Waals surface area contributed by atoms with Gasteiger partial charge in [0.25, 0.3) is 0 Å². The maximum absolute atomic E-state index is 12.0. The topological polar surface area (TPSA) is 77.5 Å². The molecule has 2 unspecified atom stereocenters. The lowest BCUT2D eigenvalue weighted by Crippen LogP contribution is -2.54. The predicted molar refractivity (Wildman–Crippen MR) is 62.4 cm³/mol. The molecule has 0 aliphatic carbocycles. The fourth-order valence-corrected chi connectivity index (χ4v) is 1.86. The van der Waals surface area contributed by atoms with Gasteiger partial charge in [-0.15, -0.1) is 0 Å². The lowest BCUT2D eigenvalue weighted by Gasteiger charge is -2.22. The van der Waals surface area contributed by atoms with E-state index in [1.54, 1.807) is 0 Å². The van der Waals surface area contributed by atoms with E-state index >= 15 is 0 Å². The number of ether oxygens (including phenoxy) is 1. The standard InChI is InChI=1S/C12H18N2O3/c1-8-3-4-10(17-8)9(2)14-11(15)12(13)5-6-16-7-12/h3-4,9H,5-7,13H2,1-2H3,(H,14,15). The summed E-state index contributed by atoms with van der Waals surface area (Å²) in [5, 5.41) is 2.85. The van der Waals surface area contributed by atoms with E-state index in [-0.39, 0.29) is 18.6 Å². The van der Waals surface area contributed by atoms with Gasteiger partial charge in [-0.25, -0.2) is 0 Å². The Hall–Kier alpha value is -1.33. The first-order chi connectivity index (χ1) is 8.01. The van der Waals surface area contributed by atoms with E-state index in [2.05, 4.69) is 5.32 Å². The zero-order valence-electron chi connectivity index (χ0n) is 10.2. The second kappa shape index (κ2) is 4.50. The average molecular weight is 238 g/mol. The van der Waals surface area contributed by atoms with Crippen LogP contribution in [0.2, 0.25) is 0 Å². The molecule has 1 aliphatic heterocycles. The average Bonchev–Trinajstić information content (AvgIpc) is 2.88. The van der Waals surface area contributed by atoms with E-state index in [1.165, 1.54) is 0 Å². The third-order valence-electron chi connectivity index (χ3n) is 3.04. The Kier molecular flexibility index (Phi) is 3.22. The zero-order valence-corrected chi connectivity index (χ0v) is 10.2. The molecule has 2 heterocycles. The quantitative estimate of drug-likeness (QED) is 0.819. The zero-order chi connectivity index (χ0) is 12.5. The Morgan fingerprint density at radius 3 is 2.88 bits per heavy atom. The van der Waals surface area contributed by atoms with E-state index in [4.69, 9.17) is 14.9 Å². The molecular formula is C12H18N2O3. The van der Waals surface area contributed by atoms with Gasteiger partial charge in [0, 0.05) is 6.61 Å². The number of hydrogen-bond donors (Lipinski definition) is 2. The lowest BCUT2D eigenvalue weighted by molar-refractivity contribution is -0.127. The molecule has 0 radical (unpaired) electrons. The molecular weight excluding hydrogens is 220 g/mol. The van der Waals surface area contributed by atoms with Crippen LogP contribution in [0.3, 0.4) is 0 Å². The molecule has 0 saturated carbocycles. The third-order valence-corrected chi connectivity index (χ3v) is 3.04. The summed E-state index contributed by atoms with van der Waals surface area (Å²) in [7, 11) is 0. The Balaban J connectivity index is 1.99. The molecule has 5 heteroatoms. The predicted octanol–water partition coefficient (Wildman–Crippen LogP) is 0.883. The van der Waals surface area contributed by atoms with E-state index in [1.807, 2.05) is 26.0 Å². The fourth-order valence-electron chi connectivity index (χ4n) is 1.86. The van der Waals surface area contributed by atoms with Crippen LogP contribution in [0.1, 0.15) is 30.9 Å². The van der Waals surface area contributed by atoms with Gasteiger partial charge in [0.1, 0.15) is 17.1 Å². The normalized spacial score (nSPS) is 25.8. The highest BCUT2D eigenvalue weighted by Gasteiger charge is 2.38. The van der Waals surface area contributed by atoms with Gasteiger partial charge in [-0.3, -0.25) is 4.79 Å². The summed E-state index contributed by atoms with van der Waals surface area (Å²) < 4.78 is 10.6. The lowest BCUT2D eigenvalue weighted by atomic mass is 9.99. The van der Waals surface area contributed by atoms with Gasteiger partial charge in [0.2, 0.25) is 5.91 Å². The van der Waals surface area contributed by atoms with Crippen molar-refractivity contribution in [3.05, 3.63) is 23.7 Å². The van der Waals surface area contributed by atoms with Crippen LogP contribution in [-0.4, -0.2) is 24.7 Å². The molecule has 0 bridgehead atoms. The third kappa shape index (κ3) is 2.50. The molecule has 3 N–H and O–H groups in total. The number of nitrogens with two attached hydrogens (primary N) is 1. The van der Waals surface area contributed by atoms with Crippen LogP contribution in [0.4, 0.5) is 0 Å². The molecule has 5 nitrogen and oxygen atoms in total. The van der Waals surface area contributed by atoms with Gasteiger partial charge in [-0.2, -0.15) is 0 Å². The van der Waals surface area contributed by atoms with E-state index < -0.39 is 5.54 Å². The fraction of sp³-hybridized carbons (Fsp3) is 0.583. The van der Waals surface area contributed by atoms with Gasteiger partial charge in [-0.05, 0) is 32.4 Å². The first-order valence-electron chi connectivity index (χ1n) is 5.75. The summed E-state index contributed by atoms with van der Waals surface area (Å²) in [5.74, 6) is 1.38. The highest BCUT2D eigenvalue weighted by Crippen LogP contribution is 2.19. The van der Waals surface area contributed by atoms with Crippen LogP contribution >= 0.6 is 0 Å². The molecule has 1 aliphatic rings. The molecule has 2 rings (SSSR count). The Labute approximate surface area is 100 Å². The molecule has 94 valence electrons. The Morgan fingerprint density at radius 1 is 1.59 bits per heavy atom. The Bertz CT molecular complexity index is 408. The maximum atomic E-state index is 12.0.